The van der Waals surface area contributed by atoms with Crippen molar-refractivity contribution in [3.8, 4) is 5.75 Å². The molecule has 3 rings (SSSR count). The molecule has 1 N–H and O–H groups in total. The van der Waals surface area contributed by atoms with Gasteiger partial charge < -0.3 is 14.7 Å². The maximum Gasteiger partial charge on any atom is 0.160 e. The first kappa shape index (κ1) is 18.6. The van der Waals surface area contributed by atoms with Crippen LogP contribution in [-0.4, -0.2) is 35.3 Å². The van der Waals surface area contributed by atoms with E-state index in [1.165, 1.54) is 6.07 Å². The number of hydrogen-bond donors (Lipinski definition) is 1. The van der Waals surface area contributed by atoms with Crippen LogP contribution < -0.4 is 4.90 Å². The summed E-state index contributed by atoms with van der Waals surface area (Å²) in [6.07, 6.45) is 2.88. The summed E-state index contributed by atoms with van der Waals surface area (Å²) in [6.45, 7) is 5.91. The third-order valence-corrected chi connectivity index (χ3v) is 5.04. The van der Waals surface area contributed by atoms with Gasteiger partial charge in [-0.1, -0.05) is 0 Å². The summed E-state index contributed by atoms with van der Waals surface area (Å²) in [5.41, 5.74) is 3.24. The zero-order chi connectivity index (χ0) is 18.7. The van der Waals surface area contributed by atoms with Crippen LogP contribution in [0.15, 0.2) is 18.2 Å². The first-order valence-corrected chi connectivity index (χ1v) is 9.03. The Morgan fingerprint density at radius 2 is 1.96 bits per heavy atom. The van der Waals surface area contributed by atoms with E-state index >= 15 is 0 Å². The van der Waals surface area contributed by atoms with Gasteiger partial charge in [0.05, 0.1) is 12.3 Å². The number of methoxy groups -OCH3 is 1. The fourth-order valence-electron chi connectivity index (χ4n) is 3.63. The van der Waals surface area contributed by atoms with Crippen molar-refractivity contribution in [2.45, 2.75) is 39.7 Å². The molecule has 0 aliphatic carbocycles. The molecule has 2 heterocycles. The molecule has 1 fully saturated rings. The van der Waals surface area contributed by atoms with Crippen molar-refractivity contribution in [1.29, 1.82) is 0 Å². The number of aromatic hydroxyl groups is 1. The van der Waals surface area contributed by atoms with Crippen molar-refractivity contribution in [1.82, 2.24) is 9.97 Å². The number of anilines is 1. The van der Waals surface area contributed by atoms with Crippen LogP contribution in [0.5, 0.6) is 5.75 Å². The monoisotopic (exact) mass is 359 g/mol. The molecule has 0 bridgehead atoms. The molecule has 0 radical (unpaired) electrons. The van der Waals surface area contributed by atoms with E-state index in [0.29, 0.717) is 17.3 Å². The number of aromatic nitrogens is 2. The SMILES string of the molecule is COCc1nc(CC2CCN(c3ccc(F)cc3C)CC2)nc(C)c1O. The molecule has 5 nitrogen and oxygen atoms in total. The van der Waals surface area contributed by atoms with E-state index < -0.39 is 0 Å². The van der Waals surface area contributed by atoms with Crippen LogP contribution in [0.4, 0.5) is 10.1 Å². The molecule has 0 saturated carbocycles. The largest absolute Gasteiger partial charge is 0.504 e. The number of piperidine rings is 1. The lowest BCUT2D eigenvalue weighted by atomic mass is 9.92. The van der Waals surface area contributed by atoms with Gasteiger partial charge in [0, 0.05) is 32.3 Å². The number of nitrogens with zero attached hydrogens (tertiary/aromatic N) is 3. The van der Waals surface area contributed by atoms with Crippen molar-refractivity contribution in [3.63, 3.8) is 0 Å². The Morgan fingerprint density at radius 3 is 2.62 bits per heavy atom. The van der Waals surface area contributed by atoms with Gasteiger partial charge in [0.2, 0.25) is 0 Å². The molecule has 1 aliphatic rings. The van der Waals surface area contributed by atoms with Gasteiger partial charge >= 0.3 is 0 Å². The van der Waals surface area contributed by atoms with Gasteiger partial charge in [-0.3, -0.25) is 0 Å². The molecule has 1 aromatic carbocycles. The van der Waals surface area contributed by atoms with Gasteiger partial charge in [0.15, 0.2) is 5.75 Å². The molecule has 0 amide bonds. The molecular formula is C20H26FN3O2. The average Bonchev–Trinajstić information content (AvgIpc) is 2.60. The normalized spacial score (nSPS) is 15.5. The quantitative estimate of drug-likeness (QED) is 0.885. The van der Waals surface area contributed by atoms with Crippen LogP contribution in [0.2, 0.25) is 0 Å². The highest BCUT2D eigenvalue weighted by molar-refractivity contribution is 5.53. The second-order valence-corrected chi connectivity index (χ2v) is 7.02. The summed E-state index contributed by atoms with van der Waals surface area (Å²) >= 11 is 0. The van der Waals surface area contributed by atoms with Crippen LogP contribution in [0, 0.1) is 25.6 Å². The van der Waals surface area contributed by atoms with Gasteiger partial charge in [-0.05, 0) is 56.4 Å². The van der Waals surface area contributed by atoms with E-state index in [0.717, 1.165) is 49.4 Å². The van der Waals surface area contributed by atoms with Crippen LogP contribution in [0.1, 0.15) is 35.6 Å². The molecule has 1 aliphatic heterocycles. The lowest BCUT2D eigenvalue weighted by Crippen LogP contribution is -2.35. The number of aryl methyl sites for hydroxylation is 2. The zero-order valence-electron chi connectivity index (χ0n) is 15.6. The van der Waals surface area contributed by atoms with E-state index in [1.807, 2.05) is 13.0 Å². The first-order valence-electron chi connectivity index (χ1n) is 9.03. The second-order valence-electron chi connectivity index (χ2n) is 7.02. The third-order valence-electron chi connectivity index (χ3n) is 5.04. The van der Waals surface area contributed by atoms with Crippen LogP contribution in [-0.2, 0) is 17.8 Å². The minimum Gasteiger partial charge on any atom is -0.504 e. The summed E-state index contributed by atoms with van der Waals surface area (Å²) in [5, 5.41) is 10.0. The minimum absolute atomic E-state index is 0.122. The molecule has 1 aromatic heterocycles. The maximum absolute atomic E-state index is 13.3. The van der Waals surface area contributed by atoms with Crippen LogP contribution >= 0.6 is 0 Å². The Labute approximate surface area is 153 Å². The lowest BCUT2D eigenvalue weighted by Gasteiger charge is -2.34. The molecule has 2 aromatic rings. The standard InChI is InChI=1S/C20H26FN3O2/c1-13-10-16(21)4-5-18(13)24-8-6-15(7-9-24)11-19-22-14(2)20(25)17(23-19)12-26-3/h4-5,10,15,25H,6-9,11-12H2,1-3H3. The molecule has 0 spiro atoms. The minimum atomic E-state index is -0.187. The van der Waals surface area contributed by atoms with Crippen molar-refractivity contribution < 1.29 is 14.2 Å². The molecule has 0 atom stereocenters. The fraction of sp³-hybridized carbons (Fsp3) is 0.500. The summed E-state index contributed by atoms with van der Waals surface area (Å²) in [5.74, 6) is 1.21. The van der Waals surface area contributed by atoms with Gasteiger partial charge in [0.25, 0.3) is 0 Å². The van der Waals surface area contributed by atoms with Gasteiger partial charge in [0.1, 0.15) is 17.3 Å². The summed E-state index contributed by atoms with van der Waals surface area (Å²) in [4.78, 5) is 11.2. The predicted molar refractivity (Wildman–Crippen MR) is 98.9 cm³/mol. The van der Waals surface area contributed by atoms with Crippen LogP contribution in [0.3, 0.4) is 0 Å². The number of hydrogen-bond acceptors (Lipinski definition) is 5. The summed E-state index contributed by atoms with van der Waals surface area (Å²) < 4.78 is 18.4. The fourth-order valence-corrected chi connectivity index (χ4v) is 3.63. The summed E-state index contributed by atoms with van der Waals surface area (Å²) in [6, 6.07) is 4.99. The van der Waals surface area contributed by atoms with Gasteiger partial charge in [-0.2, -0.15) is 0 Å². The number of ether oxygens (including phenoxy) is 1. The van der Waals surface area contributed by atoms with Crippen molar-refractivity contribution in [2.75, 3.05) is 25.1 Å². The Bertz CT molecular complexity index is 774. The zero-order valence-corrected chi connectivity index (χ0v) is 15.6. The van der Waals surface area contributed by atoms with E-state index in [4.69, 9.17) is 4.74 Å². The molecule has 26 heavy (non-hydrogen) atoms. The van der Waals surface area contributed by atoms with Crippen molar-refractivity contribution in [3.05, 3.63) is 46.8 Å². The van der Waals surface area contributed by atoms with Gasteiger partial charge in [-0.25, -0.2) is 14.4 Å². The Hall–Kier alpha value is -2.21. The number of halogens is 1. The third kappa shape index (κ3) is 4.12. The highest BCUT2D eigenvalue weighted by Gasteiger charge is 2.22. The topological polar surface area (TPSA) is 58.5 Å². The molecule has 1 saturated heterocycles. The van der Waals surface area contributed by atoms with E-state index in [-0.39, 0.29) is 18.2 Å². The molecule has 0 unspecified atom stereocenters. The Kier molecular flexibility index (Phi) is 5.71. The number of benzene rings is 1. The van der Waals surface area contributed by atoms with Crippen molar-refractivity contribution >= 4 is 5.69 Å². The molecular weight excluding hydrogens is 333 g/mol. The van der Waals surface area contributed by atoms with E-state index in [1.54, 1.807) is 20.1 Å². The second kappa shape index (κ2) is 7.99. The first-order chi connectivity index (χ1) is 12.5. The predicted octanol–water partition coefficient (Wildman–Crippen LogP) is 3.54. The highest BCUT2D eigenvalue weighted by atomic mass is 19.1. The Balaban J connectivity index is 1.64. The van der Waals surface area contributed by atoms with E-state index in [9.17, 15) is 9.50 Å². The molecule has 6 heteroatoms. The van der Waals surface area contributed by atoms with E-state index in [2.05, 4.69) is 14.9 Å². The lowest BCUT2D eigenvalue weighted by molar-refractivity contribution is 0.177. The summed E-state index contributed by atoms with van der Waals surface area (Å²) in [7, 11) is 1.59. The maximum atomic E-state index is 13.3. The average molecular weight is 359 g/mol. The molecule has 140 valence electrons. The van der Waals surface area contributed by atoms with Crippen LogP contribution in [0.25, 0.3) is 0 Å². The Morgan fingerprint density at radius 1 is 1.23 bits per heavy atom. The smallest absolute Gasteiger partial charge is 0.160 e. The number of rotatable bonds is 5. The van der Waals surface area contributed by atoms with Crippen molar-refractivity contribution in [2.24, 2.45) is 5.92 Å². The highest BCUT2D eigenvalue weighted by Crippen LogP contribution is 2.28. The van der Waals surface area contributed by atoms with Gasteiger partial charge in [-0.15, -0.1) is 0 Å².